The van der Waals surface area contributed by atoms with Gasteiger partial charge in [0, 0.05) is 6.54 Å². The van der Waals surface area contributed by atoms with Crippen LogP contribution in [0.25, 0.3) is 0 Å². The van der Waals surface area contributed by atoms with Gasteiger partial charge in [-0.1, -0.05) is 26.2 Å². The number of aliphatic hydroxyl groups is 2. The molecule has 13 heavy (non-hydrogen) atoms. The lowest BCUT2D eigenvalue weighted by molar-refractivity contribution is -0.0844. The second kappa shape index (κ2) is 7.30. The van der Waals surface area contributed by atoms with Gasteiger partial charge < -0.3 is 10.2 Å². The maximum Gasteiger partial charge on any atom is 0.106 e. The first-order valence-corrected chi connectivity index (χ1v) is 5.21. The van der Waals surface area contributed by atoms with Crippen LogP contribution in [0, 0.1) is 0 Å². The molecule has 3 nitrogen and oxygen atoms in total. The lowest BCUT2D eigenvalue weighted by Gasteiger charge is -2.27. The molecule has 0 spiro atoms. The Kier molecular flexibility index (Phi) is 7.23. The zero-order valence-corrected chi connectivity index (χ0v) is 9.03. The van der Waals surface area contributed by atoms with Gasteiger partial charge in [0.1, 0.15) is 12.5 Å². The van der Waals surface area contributed by atoms with Gasteiger partial charge >= 0.3 is 0 Å². The minimum atomic E-state index is -0.554. The summed E-state index contributed by atoms with van der Waals surface area (Å²) < 4.78 is 0. The molecule has 0 saturated carbocycles. The summed E-state index contributed by atoms with van der Waals surface area (Å²) in [6.45, 7) is 6.31. The first-order valence-electron chi connectivity index (χ1n) is 5.21. The average molecular weight is 189 g/mol. The lowest BCUT2D eigenvalue weighted by atomic mass is 10.2. The third kappa shape index (κ3) is 6.02. The highest BCUT2D eigenvalue weighted by Crippen LogP contribution is 2.06. The van der Waals surface area contributed by atoms with E-state index < -0.39 is 12.5 Å². The van der Waals surface area contributed by atoms with Crippen LogP contribution >= 0.6 is 0 Å². The molecular formula is C10H23NO2. The minimum Gasteiger partial charge on any atom is -0.379 e. The number of hydrogen-bond donors (Lipinski definition) is 2. The summed E-state index contributed by atoms with van der Waals surface area (Å²) >= 11 is 0. The van der Waals surface area contributed by atoms with Gasteiger partial charge in [-0.3, -0.25) is 4.90 Å². The molecule has 2 atom stereocenters. The van der Waals surface area contributed by atoms with Crippen LogP contribution < -0.4 is 0 Å². The normalized spacial score (nSPS) is 16.2. The predicted molar refractivity (Wildman–Crippen MR) is 54.2 cm³/mol. The van der Waals surface area contributed by atoms with Crippen LogP contribution in [0.1, 0.15) is 46.5 Å². The summed E-state index contributed by atoms with van der Waals surface area (Å²) in [5.41, 5.74) is 0. The Morgan fingerprint density at radius 2 is 1.54 bits per heavy atom. The summed E-state index contributed by atoms with van der Waals surface area (Å²) in [6, 6.07) is 0. The maximum absolute atomic E-state index is 9.31. The van der Waals surface area contributed by atoms with Crippen LogP contribution in [0.5, 0.6) is 0 Å². The monoisotopic (exact) mass is 189 g/mol. The van der Waals surface area contributed by atoms with E-state index in [0.29, 0.717) is 0 Å². The van der Waals surface area contributed by atoms with Gasteiger partial charge in [-0.15, -0.1) is 0 Å². The summed E-state index contributed by atoms with van der Waals surface area (Å²) in [5, 5.41) is 18.6. The third-order valence-corrected chi connectivity index (χ3v) is 2.23. The molecule has 0 aliphatic rings. The Bertz CT molecular complexity index is 107. The van der Waals surface area contributed by atoms with Gasteiger partial charge in [0.25, 0.3) is 0 Å². The number of aliphatic hydroxyl groups excluding tert-OH is 2. The topological polar surface area (TPSA) is 43.7 Å². The number of nitrogens with zero attached hydrogens (tertiary/aromatic N) is 1. The Morgan fingerprint density at radius 1 is 1.00 bits per heavy atom. The van der Waals surface area contributed by atoms with Gasteiger partial charge in [0.05, 0.1) is 0 Å². The maximum atomic E-state index is 9.31. The minimum absolute atomic E-state index is 0.554. The van der Waals surface area contributed by atoms with Crippen LogP contribution in [0.15, 0.2) is 0 Å². The Hall–Kier alpha value is -0.120. The SMILES string of the molecule is CCCCCCN(C(C)O)C(C)O. The van der Waals surface area contributed by atoms with Crippen molar-refractivity contribution in [3.8, 4) is 0 Å². The average Bonchev–Trinajstić information content (AvgIpc) is 2.02. The van der Waals surface area contributed by atoms with Crippen LogP contribution in [-0.4, -0.2) is 34.1 Å². The van der Waals surface area contributed by atoms with E-state index >= 15 is 0 Å². The Balaban J connectivity index is 3.58. The van der Waals surface area contributed by atoms with E-state index in [-0.39, 0.29) is 0 Å². The molecule has 2 N–H and O–H groups in total. The van der Waals surface area contributed by atoms with Gasteiger partial charge in [0.15, 0.2) is 0 Å². The number of hydrogen-bond acceptors (Lipinski definition) is 3. The van der Waals surface area contributed by atoms with Crippen molar-refractivity contribution in [3.63, 3.8) is 0 Å². The second-order valence-electron chi connectivity index (χ2n) is 3.56. The molecule has 0 aliphatic heterocycles. The van der Waals surface area contributed by atoms with Gasteiger partial charge in [0.2, 0.25) is 0 Å². The van der Waals surface area contributed by atoms with E-state index in [1.165, 1.54) is 19.3 Å². The van der Waals surface area contributed by atoms with E-state index in [1.54, 1.807) is 18.7 Å². The van der Waals surface area contributed by atoms with E-state index in [0.717, 1.165) is 13.0 Å². The Labute approximate surface area is 81.4 Å². The van der Waals surface area contributed by atoms with Crippen LogP contribution in [-0.2, 0) is 0 Å². The summed E-state index contributed by atoms with van der Waals surface area (Å²) in [7, 11) is 0. The van der Waals surface area contributed by atoms with Crippen LogP contribution in [0.2, 0.25) is 0 Å². The molecule has 80 valence electrons. The van der Waals surface area contributed by atoms with Crippen molar-refractivity contribution in [1.29, 1.82) is 0 Å². The van der Waals surface area contributed by atoms with Crippen molar-refractivity contribution in [2.24, 2.45) is 0 Å². The van der Waals surface area contributed by atoms with Crippen molar-refractivity contribution < 1.29 is 10.2 Å². The van der Waals surface area contributed by atoms with E-state index in [9.17, 15) is 10.2 Å². The lowest BCUT2D eigenvalue weighted by Crippen LogP contribution is -2.40. The van der Waals surface area contributed by atoms with Crippen molar-refractivity contribution in [1.82, 2.24) is 4.90 Å². The molecule has 0 aromatic rings. The fourth-order valence-electron chi connectivity index (χ4n) is 1.41. The molecule has 0 heterocycles. The van der Waals surface area contributed by atoms with Gasteiger partial charge in [-0.05, 0) is 20.3 Å². The molecule has 0 aromatic heterocycles. The summed E-state index contributed by atoms with van der Waals surface area (Å²) in [5.74, 6) is 0. The number of unbranched alkanes of at least 4 members (excludes halogenated alkanes) is 3. The summed E-state index contributed by atoms with van der Waals surface area (Å²) in [4.78, 5) is 1.69. The van der Waals surface area contributed by atoms with E-state index in [1.807, 2.05) is 0 Å². The van der Waals surface area contributed by atoms with Gasteiger partial charge in [-0.2, -0.15) is 0 Å². The molecule has 0 aliphatic carbocycles. The van der Waals surface area contributed by atoms with E-state index in [4.69, 9.17) is 0 Å². The molecule has 0 bridgehead atoms. The summed E-state index contributed by atoms with van der Waals surface area (Å²) in [6.07, 6.45) is 3.55. The third-order valence-electron chi connectivity index (χ3n) is 2.23. The molecule has 0 fully saturated rings. The van der Waals surface area contributed by atoms with Crippen LogP contribution in [0.4, 0.5) is 0 Å². The fraction of sp³-hybridized carbons (Fsp3) is 1.00. The molecule has 2 unspecified atom stereocenters. The smallest absolute Gasteiger partial charge is 0.106 e. The fourth-order valence-corrected chi connectivity index (χ4v) is 1.41. The highest BCUT2D eigenvalue weighted by Gasteiger charge is 2.14. The Morgan fingerprint density at radius 3 is 1.92 bits per heavy atom. The van der Waals surface area contributed by atoms with Crippen molar-refractivity contribution in [2.45, 2.75) is 58.9 Å². The predicted octanol–water partition coefficient (Wildman–Crippen LogP) is 1.55. The number of rotatable bonds is 7. The second-order valence-corrected chi connectivity index (χ2v) is 3.56. The van der Waals surface area contributed by atoms with Crippen molar-refractivity contribution >= 4 is 0 Å². The first kappa shape index (κ1) is 12.9. The highest BCUT2D eigenvalue weighted by molar-refractivity contribution is 4.59. The molecule has 0 amide bonds. The quantitative estimate of drug-likeness (QED) is 0.471. The van der Waals surface area contributed by atoms with Crippen molar-refractivity contribution in [2.75, 3.05) is 6.54 Å². The first-order chi connectivity index (χ1) is 6.09. The largest absolute Gasteiger partial charge is 0.379 e. The zero-order valence-electron chi connectivity index (χ0n) is 9.03. The highest BCUT2D eigenvalue weighted by atomic mass is 16.3. The molecular weight excluding hydrogens is 166 g/mol. The molecule has 0 radical (unpaired) electrons. The van der Waals surface area contributed by atoms with Crippen molar-refractivity contribution in [3.05, 3.63) is 0 Å². The standard InChI is InChI=1S/C10H23NO2/c1-4-5-6-7-8-11(9(2)12)10(3)13/h9-10,12-13H,4-8H2,1-3H3. The van der Waals surface area contributed by atoms with Gasteiger partial charge in [-0.25, -0.2) is 0 Å². The molecule has 0 aromatic carbocycles. The zero-order chi connectivity index (χ0) is 10.3. The van der Waals surface area contributed by atoms with Crippen LogP contribution in [0.3, 0.4) is 0 Å². The molecule has 0 rings (SSSR count). The molecule has 0 saturated heterocycles. The van der Waals surface area contributed by atoms with E-state index in [2.05, 4.69) is 6.92 Å². The molecule has 3 heteroatoms.